The van der Waals surface area contributed by atoms with Crippen molar-refractivity contribution < 1.29 is 0 Å². The highest BCUT2D eigenvalue weighted by Gasteiger charge is 2.10. The number of rotatable bonds is 4. The van der Waals surface area contributed by atoms with Crippen LogP contribution in [0.25, 0.3) is 10.2 Å². The van der Waals surface area contributed by atoms with Crippen molar-refractivity contribution in [2.45, 2.75) is 20.4 Å². The third-order valence-electron chi connectivity index (χ3n) is 3.03. The Kier molecular flexibility index (Phi) is 3.56. The molecule has 0 unspecified atom stereocenters. The Bertz CT molecular complexity index is 746. The van der Waals surface area contributed by atoms with E-state index in [0.29, 0.717) is 5.95 Å². The lowest BCUT2D eigenvalue weighted by Crippen LogP contribution is -2.12. The van der Waals surface area contributed by atoms with Gasteiger partial charge in [-0.05, 0) is 36.9 Å². The number of nitrogens with zero attached hydrogens (tertiary/aromatic N) is 2. The fourth-order valence-corrected chi connectivity index (χ4v) is 3.72. The van der Waals surface area contributed by atoms with Gasteiger partial charge in [-0.3, -0.25) is 5.43 Å². The summed E-state index contributed by atoms with van der Waals surface area (Å²) in [4.78, 5) is 12.2. The van der Waals surface area contributed by atoms with Gasteiger partial charge in [0.15, 0.2) is 0 Å². The molecule has 104 valence electrons. The molecular weight excluding hydrogens is 290 g/mol. The van der Waals surface area contributed by atoms with E-state index in [1.807, 2.05) is 0 Å². The van der Waals surface area contributed by atoms with Gasteiger partial charge in [0.1, 0.15) is 10.6 Å². The number of nitrogen functional groups attached to an aromatic ring is 1. The first kappa shape index (κ1) is 13.3. The number of fused-ring (bicyclic) bond motifs is 1. The maximum absolute atomic E-state index is 5.44. The first-order chi connectivity index (χ1) is 9.67. The molecule has 7 heteroatoms. The molecule has 0 amide bonds. The maximum Gasteiger partial charge on any atom is 0.240 e. The number of aromatic nitrogens is 2. The van der Waals surface area contributed by atoms with E-state index in [4.69, 9.17) is 5.84 Å². The molecule has 5 nitrogen and oxygen atoms in total. The zero-order chi connectivity index (χ0) is 14.1. The second-order valence-electron chi connectivity index (χ2n) is 4.50. The summed E-state index contributed by atoms with van der Waals surface area (Å²) in [6, 6.07) is 4.22. The van der Waals surface area contributed by atoms with Crippen LogP contribution in [0.3, 0.4) is 0 Å². The third kappa shape index (κ3) is 2.47. The van der Waals surface area contributed by atoms with Crippen molar-refractivity contribution in [3.8, 4) is 0 Å². The molecule has 4 N–H and O–H groups in total. The highest BCUT2D eigenvalue weighted by Crippen LogP contribution is 2.30. The first-order valence-corrected chi connectivity index (χ1v) is 7.88. The van der Waals surface area contributed by atoms with E-state index in [1.165, 1.54) is 15.3 Å². The minimum Gasteiger partial charge on any atom is -0.364 e. The maximum atomic E-state index is 5.44. The lowest BCUT2D eigenvalue weighted by atomic mass is 10.3. The molecule has 0 aliphatic rings. The van der Waals surface area contributed by atoms with Gasteiger partial charge in [-0.25, -0.2) is 10.8 Å². The molecule has 3 aromatic heterocycles. The van der Waals surface area contributed by atoms with Crippen molar-refractivity contribution in [3.05, 3.63) is 32.8 Å². The normalized spacial score (nSPS) is 10.9. The zero-order valence-corrected chi connectivity index (χ0v) is 12.9. The summed E-state index contributed by atoms with van der Waals surface area (Å²) in [5, 5.41) is 6.53. The molecular formula is C13H15N5S2. The van der Waals surface area contributed by atoms with Crippen LogP contribution in [0.5, 0.6) is 0 Å². The molecule has 0 aromatic carbocycles. The molecule has 0 bridgehead atoms. The largest absolute Gasteiger partial charge is 0.364 e. The average Bonchev–Trinajstić information content (AvgIpc) is 3.00. The summed E-state index contributed by atoms with van der Waals surface area (Å²) in [7, 11) is 0. The predicted molar refractivity (Wildman–Crippen MR) is 86.3 cm³/mol. The smallest absolute Gasteiger partial charge is 0.240 e. The zero-order valence-electron chi connectivity index (χ0n) is 11.2. The summed E-state index contributed by atoms with van der Waals surface area (Å²) in [6.45, 7) is 4.94. The highest BCUT2D eigenvalue weighted by molar-refractivity contribution is 7.18. The molecule has 0 spiro atoms. The van der Waals surface area contributed by atoms with E-state index < -0.39 is 0 Å². The molecule has 20 heavy (non-hydrogen) atoms. The van der Waals surface area contributed by atoms with Crippen molar-refractivity contribution in [1.82, 2.24) is 9.97 Å². The van der Waals surface area contributed by atoms with Crippen molar-refractivity contribution in [3.63, 3.8) is 0 Å². The third-order valence-corrected chi connectivity index (χ3v) is 5.00. The number of hydrogen-bond donors (Lipinski definition) is 3. The van der Waals surface area contributed by atoms with Gasteiger partial charge >= 0.3 is 0 Å². The Hall–Kier alpha value is -1.70. The Morgan fingerprint density at radius 3 is 2.85 bits per heavy atom. The van der Waals surface area contributed by atoms with Crippen molar-refractivity contribution in [2.75, 3.05) is 10.7 Å². The van der Waals surface area contributed by atoms with Gasteiger partial charge < -0.3 is 5.32 Å². The number of anilines is 2. The predicted octanol–water partition coefficient (Wildman–Crippen LogP) is 3.27. The minimum atomic E-state index is 0.435. The molecule has 0 aliphatic carbocycles. The minimum absolute atomic E-state index is 0.435. The molecule has 3 rings (SSSR count). The van der Waals surface area contributed by atoms with Gasteiger partial charge in [0.05, 0.1) is 11.9 Å². The van der Waals surface area contributed by atoms with Crippen LogP contribution >= 0.6 is 22.7 Å². The number of hydrazine groups is 1. The fraction of sp³-hybridized carbons (Fsp3) is 0.231. The van der Waals surface area contributed by atoms with Crippen molar-refractivity contribution in [1.29, 1.82) is 0 Å². The van der Waals surface area contributed by atoms with E-state index >= 15 is 0 Å². The van der Waals surface area contributed by atoms with E-state index in [-0.39, 0.29) is 0 Å². The monoisotopic (exact) mass is 305 g/mol. The van der Waals surface area contributed by atoms with Crippen LogP contribution in [0.4, 0.5) is 11.8 Å². The summed E-state index contributed by atoms with van der Waals surface area (Å²) in [6.07, 6.45) is 0. The number of hydrogen-bond acceptors (Lipinski definition) is 7. The van der Waals surface area contributed by atoms with Crippen LogP contribution in [0.2, 0.25) is 0 Å². The topological polar surface area (TPSA) is 75.9 Å². The molecule has 0 saturated heterocycles. The molecule has 0 atom stereocenters. The molecule has 0 aliphatic heterocycles. The molecule has 0 fully saturated rings. The van der Waals surface area contributed by atoms with Crippen LogP contribution in [0, 0.1) is 13.8 Å². The second-order valence-corrected chi connectivity index (χ2v) is 6.73. The standard InChI is InChI=1S/C13H15N5S2/c1-7-3-4-19-10(7)6-15-11-9-5-8(2)20-12(9)17-13(16-11)18-14/h3-5H,6,14H2,1-2H3,(H2,15,16,17,18). The van der Waals surface area contributed by atoms with Gasteiger partial charge in [-0.1, -0.05) is 0 Å². The number of thiophene rings is 2. The van der Waals surface area contributed by atoms with Gasteiger partial charge in [0.25, 0.3) is 0 Å². The Morgan fingerprint density at radius 2 is 2.15 bits per heavy atom. The van der Waals surface area contributed by atoms with E-state index in [9.17, 15) is 0 Å². The fourth-order valence-electron chi connectivity index (χ4n) is 1.99. The van der Waals surface area contributed by atoms with Gasteiger partial charge in [0, 0.05) is 9.75 Å². The van der Waals surface area contributed by atoms with E-state index in [2.05, 4.69) is 52.1 Å². The number of aryl methyl sites for hydroxylation is 2. The quantitative estimate of drug-likeness (QED) is 0.509. The van der Waals surface area contributed by atoms with Crippen LogP contribution in [0.1, 0.15) is 15.3 Å². The summed E-state index contributed by atoms with van der Waals surface area (Å²) in [5.41, 5.74) is 3.82. The Balaban J connectivity index is 1.95. The summed E-state index contributed by atoms with van der Waals surface area (Å²) in [5.74, 6) is 6.69. The molecule has 3 aromatic rings. The second kappa shape index (κ2) is 5.35. The van der Waals surface area contributed by atoms with Gasteiger partial charge in [-0.15, -0.1) is 22.7 Å². The van der Waals surface area contributed by atoms with Crippen LogP contribution in [0.15, 0.2) is 17.5 Å². The Morgan fingerprint density at radius 1 is 1.30 bits per heavy atom. The number of nitrogens with two attached hydrogens (primary N) is 1. The molecule has 0 radical (unpaired) electrons. The van der Waals surface area contributed by atoms with Gasteiger partial charge in [-0.2, -0.15) is 4.98 Å². The lowest BCUT2D eigenvalue weighted by Gasteiger charge is -2.08. The van der Waals surface area contributed by atoms with Crippen LogP contribution in [-0.4, -0.2) is 9.97 Å². The molecule has 3 heterocycles. The lowest BCUT2D eigenvalue weighted by molar-refractivity contribution is 1.10. The van der Waals surface area contributed by atoms with E-state index in [0.717, 1.165) is 22.6 Å². The van der Waals surface area contributed by atoms with Crippen molar-refractivity contribution in [2.24, 2.45) is 5.84 Å². The average molecular weight is 305 g/mol. The Labute approximate surface area is 124 Å². The highest BCUT2D eigenvalue weighted by atomic mass is 32.1. The van der Waals surface area contributed by atoms with Crippen LogP contribution in [-0.2, 0) is 6.54 Å². The van der Waals surface area contributed by atoms with Gasteiger partial charge in [0.2, 0.25) is 5.95 Å². The van der Waals surface area contributed by atoms with Crippen LogP contribution < -0.4 is 16.6 Å². The molecule has 0 saturated carbocycles. The van der Waals surface area contributed by atoms with E-state index in [1.54, 1.807) is 22.7 Å². The summed E-state index contributed by atoms with van der Waals surface area (Å²) >= 11 is 3.38. The first-order valence-electron chi connectivity index (χ1n) is 6.19. The SMILES string of the molecule is Cc1cc2c(NCc3sccc3C)nc(NN)nc2s1. The van der Waals surface area contributed by atoms with Crippen molar-refractivity contribution >= 4 is 44.7 Å². The summed E-state index contributed by atoms with van der Waals surface area (Å²) < 4.78 is 0. The number of nitrogens with one attached hydrogen (secondary N) is 2.